The van der Waals surface area contributed by atoms with Crippen LogP contribution in [0.25, 0.3) is 10.9 Å². The maximum atomic E-state index is 12.8. The van der Waals surface area contributed by atoms with Gasteiger partial charge < -0.3 is 11.1 Å². The number of hydrogen-bond acceptors (Lipinski definition) is 7. The topological polar surface area (TPSA) is 101 Å². The number of alkyl halides is 3. The molecule has 4 aromatic rings. The molecule has 0 atom stereocenters. The molecule has 2 aromatic carbocycles. The molecule has 0 aliphatic heterocycles. The van der Waals surface area contributed by atoms with Crippen LogP contribution in [0.1, 0.15) is 17.0 Å². The molecule has 0 aliphatic rings. The van der Waals surface area contributed by atoms with Crippen LogP contribution in [0.2, 0.25) is 0 Å². The number of aryl methyl sites for hydroxylation is 1. The number of nitrogen functional groups attached to an aromatic ring is 1. The van der Waals surface area contributed by atoms with E-state index in [1.165, 1.54) is 18.5 Å². The predicted octanol–water partition coefficient (Wildman–Crippen LogP) is 5.12. The standard InChI is InChI=1S/C22H18F3N7/c1-13-19-8-5-15(26)10-20(19)31-21(29-13)32-28-12-17-6-7-18(11-27-17)30-16-4-2-3-14(9-16)22(23,24)25/h2-12,30H,26H2,1H3,(H,29,31,32)/b28-12+. The maximum Gasteiger partial charge on any atom is 0.416 e. The molecule has 0 unspecified atom stereocenters. The second-order valence-corrected chi connectivity index (χ2v) is 6.95. The first-order chi connectivity index (χ1) is 15.3. The van der Waals surface area contributed by atoms with E-state index in [2.05, 4.69) is 30.8 Å². The summed E-state index contributed by atoms with van der Waals surface area (Å²) in [5.41, 5.74) is 11.3. The highest BCUT2D eigenvalue weighted by atomic mass is 19.4. The average molecular weight is 437 g/mol. The highest BCUT2D eigenvalue weighted by Crippen LogP contribution is 2.31. The summed E-state index contributed by atoms with van der Waals surface area (Å²) in [7, 11) is 0. The van der Waals surface area contributed by atoms with E-state index >= 15 is 0 Å². The largest absolute Gasteiger partial charge is 0.416 e. The zero-order valence-electron chi connectivity index (χ0n) is 16.9. The van der Waals surface area contributed by atoms with Crippen LogP contribution < -0.4 is 16.5 Å². The summed E-state index contributed by atoms with van der Waals surface area (Å²) < 4.78 is 38.5. The first-order valence-electron chi connectivity index (χ1n) is 9.51. The third-order valence-corrected chi connectivity index (χ3v) is 4.54. The Kier molecular flexibility index (Phi) is 5.59. The van der Waals surface area contributed by atoms with E-state index in [1.807, 2.05) is 13.0 Å². The van der Waals surface area contributed by atoms with Crippen LogP contribution in [0.4, 0.5) is 36.2 Å². The van der Waals surface area contributed by atoms with Crippen molar-refractivity contribution >= 4 is 40.1 Å². The molecular formula is C22H18F3N7. The van der Waals surface area contributed by atoms with E-state index in [0.717, 1.165) is 23.2 Å². The summed E-state index contributed by atoms with van der Waals surface area (Å²) in [4.78, 5) is 13.0. The van der Waals surface area contributed by atoms with Gasteiger partial charge in [0.25, 0.3) is 0 Å². The summed E-state index contributed by atoms with van der Waals surface area (Å²) >= 11 is 0. The van der Waals surface area contributed by atoms with Crippen LogP contribution in [-0.4, -0.2) is 21.2 Å². The lowest BCUT2D eigenvalue weighted by Gasteiger charge is -2.10. The molecule has 0 spiro atoms. The minimum absolute atomic E-state index is 0.314. The van der Waals surface area contributed by atoms with Crippen molar-refractivity contribution in [1.29, 1.82) is 0 Å². The van der Waals surface area contributed by atoms with E-state index < -0.39 is 11.7 Å². The third kappa shape index (κ3) is 4.91. The molecule has 0 fully saturated rings. The Balaban J connectivity index is 1.42. The Morgan fingerprint density at radius 1 is 1.00 bits per heavy atom. The zero-order valence-corrected chi connectivity index (χ0v) is 16.9. The summed E-state index contributed by atoms with van der Waals surface area (Å²) in [5.74, 6) is 0.319. The smallest absolute Gasteiger partial charge is 0.399 e. The minimum atomic E-state index is -4.40. The second kappa shape index (κ2) is 8.50. The number of aromatic nitrogens is 3. The van der Waals surface area contributed by atoms with Gasteiger partial charge in [0.05, 0.1) is 40.6 Å². The Hall–Kier alpha value is -4.21. The molecule has 2 heterocycles. The van der Waals surface area contributed by atoms with Crippen LogP contribution in [0.3, 0.4) is 0 Å². The number of rotatable bonds is 5. The van der Waals surface area contributed by atoms with Gasteiger partial charge in [-0.05, 0) is 55.5 Å². The molecule has 7 nitrogen and oxygen atoms in total. The molecule has 10 heteroatoms. The highest BCUT2D eigenvalue weighted by Gasteiger charge is 2.30. The normalized spacial score (nSPS) is 11.8. The van der Waals surface area contributed by atoms with Crippen molar-refractivity contribution in [2.24, 2.45) is 5.10 Å². The third-order valence-electron chi connectivity index (χ3n) is 4.54. The molecule has 2 aromatic heterocycles. The zero-order chi connectivity index (χ0) is 22.7. The molecule has 0 aliphatic carbocycles. The van der Waals surface area contributed by atoms with E-state index in [0.29, 0.717) is 34.2 Å². The van der Waals surface area contributed by atoms with Gasteiger partial charge in [0, 0.05) is 16.8 Å². The van der Waals surface area contributed by atoms with Crippen LogP contribution >= 0.6 is 0 Å². The Bertz CT molecular complexity index is 1290. The van der Waals surface area contributed by atoms with Crippen molar-refractivity contribution in [2.75, 3.05) is 16.5 Å². The molecule has 0 bridgehead atoms. The van der Waals surface area contributed by atoms with Gasteiger partial charge in [-0.2, -0.15) is 18.3 Å². The van der Waals surface area contributed by atoms with E-state index in [4.69, 9.17) is 5.73 Å². The summed E-state index contributed by atoms with van der Waals surface area (Å²) in [6.45, 7) is 1.87. The van der Waals surface area contributed by atoms with Crippen molar-refractivity contribution in [3.05, 3.63) is 77.7 Å². The molecule has 32 heavy (non-hydrogen) atoms. The Labute approximate surface area is 181 Å². The second-order valence-electron chi connectivity index (χ2n) is 6.95. The van der Waals surface area contributed by atoms with Gasteiger partial charge in [-0.1, -0.05) is 6.07 Å². The molecular weight excluding hydrogens is 419 g/mol. The van der Waals surface area contributed by atoms with Crippen molar-refractivity contribution in [2.45, 2.75) is 13.1 Å². The Morgan fingerprint density at radius 3 is 2.59 bits per heavy atom. The number of hydrogen-bond donors (Lipinski definition) is 3. The number of benzene rings is 2. The van der Waals surface area contributed by atoms with Crippen LogP contribution in [0.15, 0.2) is 65.9 Å². The number of anilines is 4. The van der Waals surface area contributed by atoms with Gasteiger partial charge in [-0.3, -0.25) is 4.98 Å². The molecule has 162 valence electrons. The fourth-order valence-electron chi connectivity index (χ4n) is 3.01. The van der Waals surface area contributed by atoms with Gasteiger partial charge in [-0.25, -0.2) is 15.4 Å². The quantitative estimate of drug-likeness (QED) is 0.228. The molecule has 0 saturated carbocycles. The van der Waals surface area contributed by atoms with Gasteiger partial charge in [0.15, 0.2) is 0 Å². The van der Waals surface area contributed by atoms with Gasteiger partial charge in [0.1, 0.15) is 0 Å². The SMILES string of the molecule is Cc1nc(N/N=C/c2ccc(Nc3cccc(C(F)(F)F)c3)cn2)nc2cc(N)ccc12. The number of nitrogens with two attached hydrogens (primary N) is 1. The number of nitrogens with one attached hydrogen (secondary N) is 2. The molecule has 4 rings (SSSR count). The van der Waals surface area contributed by atoms with Crippen LogP contribution in [0, 0.1) is 6.92 Å². The lowest BCUT2D eigenvalue weighted by molar-refractivity contribution is -0.137. The Morgan fingerprint density at radius 2 is 1.84 bits per heavy atom. The van der Waals surface area contributed by atoms with Crippen molar-refractivity contribution in [3.63, 3.8) is 0 Å². The van der Waals surface area contributed by atoms with Gasteiger partial charge in [-0.15, -0.1) is 0 Å². The average Bonchev–Trinajstić information content (AvgIpc) is 2.74. The van der Waals surface area contributed by atoms with Gasteiger partial charge >= 0.3 is 6.18 Å². The predicted molar refractivity (Wildman–Crippen MR) is 119 cm³/mol. The van der Waals surface area contributed by atoms with Crippen molar-refractivity contribution in [1.82, 2.24) is 15.0 Å². The van der Waals surface area contributed by atoms with Crippen molar-refractivity contribution in [3.8, 4) is 0 Å². The number of fused-ring (bicyclic) bond motifs is 1. The number of hydrazone groups is 1. The highest BCUT2D eigenvalue weighted by molar-refractivity contribution is 5.84. The molecule has 4 N–H and O–H groups in total. The lowest BCUT2D eigenvalue weighted by Crippen LogP contribution is -2.05. The van der Waals surface area contributed by atoms with Crippen molar-refractivity contribution < 1.29 is 13.2 Å². The molecule has 0 saturated heterocycles. The fraction of sp³-hybridized carbons (Fsp3) is 0.0909. The van der Waals surface area contributed by atoms with E-state index in [9.17, 15) is 13.2 Å². The molecule has 0 amide bonds. The summed E-state index contributed by atoms with van der Waals surface area (Å²) in [6.07, 6.45) is -1.42. The first kappa shape index (κ1) is 21.0. The summed E-state index contributed by atoms with van der Waals surface area (Å²) in [5, 5.41) is 7.90. The van der Waals surface area contributed by atoms with Gasteiger partial charge in [0.2, 0.25) is 5.95 Å². The van der Waals surface area contributed by atoms with Crippen LogP contribution in [-0.2, 0) is 6.18 Å². The number of halogens is 3. The minimum Gasteiger partial charge on any atom is -0.399 e. The fourth-order valence-corrected chi connectivity index (χ4v) is 3.01. The summed E-state index contributed by atoms with van der Waals surface area (Å²) in [6, 6.07) is 13.7. The maximum absolute atomic E-state index is 12.8. The monoisotopic (exact) mass is 437 g/mol. The lowest BCUT2D eigenvalue weighted by atomic mass is 10.2. The first-order valence-corrected chi connectivity index (χ1v) is 9.51. The van der Waals surface area contributed by atoms with E-state index in [1.54, 1.807) is 30.3 Å². The number of nitrogens with zero attached hydrogens (tertiary/aromatic N) is 4. The van der Waals surface area contributed by atoms with Crippen LogP contribution in [0.5, 0.6) is 0 Å². The number of pyridine rings is 1. The van der Waals surface area contributed by atoms with E-state index in [-0.39, 0.29) is 0 Å². The molecule has 0 radical (unpaired) electrons.